The fourth-order valence-electron chi connectivity index (χ4n) is 7.86. The van der Waals surface area contributed by atoms with Gasteiger partial charge in [0.25, 0.3) is 6.71 Å². The molecule has 3 aliphatic heterocycles. The number of aromatic nitrogens is 2. The maximum Gasteiger partial charge on any atom is 0.252 e. The molecule has 0 bridgehead atoms. The van der Waals surface area contributed by atoms with E-state index in [2.05, 4.69) is 124 Å². The van der Waals surface area contributed by atoms with Crippen LogP contribution in [0, 0.1) is 0 Å². The summed E-state index contributed by atoms with van der Waals surface area (Å²) in [6.45, 7) is 0.279. The lowest BCUT2D eigenvalue weighted by Crippen LogP contribution is -2.61. The van der Waals surface area contributed by atoms with E-state index in [4.69, 9.17) is 0 Å². The lowest BCUT2D eigenvalue weighted by molar-refractivity contribution is 1.14. The minimum atomic E-state index is 0.279. The largest absolute Gasteiger partial charge is 0.308 e. The molecule has 6 aromatic carbocycles. The Morgan fingerprint density at radius 2 is 1.02 bits per heavy atom. The standard InChI is InChI=1S/C36H19BN2S2/c1-2-8-20(9-3-1)38-25-11-5-4-10-21(25)22-16-17-24-23-18-19-30-33-34(23)39(36(24)35(22)38)26-12-6-13-27-31(26)37(33)32-28(40-27)14-7-15-29(32)41-30/h1-19H. The van der Waals surface area contributed by atoms with Gasteiger partial charge in [-0.1, -0.05) is 90.3 Å². The van der Waals surface area contributed by atoms with Crippen molar-refractivity contribution >= 4 is 90.2 Å². The van der Waals surface area contributed by atoms with Gasteiger partial charge in [-0.3, -0.25) is 0 Å². The Morgan fingerprint density at radius 3 is 1.85 bits per heavy atom. The number of fused-ring (bicyclic) bond motifs is 8. The first-order valence-electron chi connectivity index (χ1n) is 14.1. The molecular formula is C36H19BN2S2. The topological polar surface area (TPSA) is 9.86 Å². The zero-order valence-corrected chi connectivity index (χ0v) is 23.4. The van der Waals surface area contributed by atoms with Crippen molar-refractivity contribution in [2.75, 3.05) is 0 Å². The number of nitrogens with zero attached hydrogens (tertiary/aromatic N) is 2. The number of hydrogen-bond donors (Lipinski definition) is 0. The van der Waals surface area contributed by atoms with Gasteiger partial charge >= 0.3 is 0 Å². The highest BCUT2D eigenvalue weighted by molar-refractivity contribution is 8.01. The predicted molar refractivity (Wildman–Crippen MR) is 174 cm³/mol. The average molecular weight is 555 g/mol. The summed E-state index contributed by atoms with van der Waals surface area (Å²) in [5.74, 6) is 0. The second kappa shape index (κ2) is 7.30. The first-order valence-corrected chi connectivity index (χ1v) is 15.7. The van der Waals surface area contributed by atoms with Crippen LogP contribution in [-0.4, -0.2) is 15.8 Å². The van der Waals surface area contributed by atoms with Gasteiger partial charge in [-0.15, -0.1) is 0 Å². The number of para-hydroxylation sites is 2. The van der Waals surface area contributed by atoms with Gasteiger partial charge in [-0.05, 0) is 64.9 Å². The van der Waals surface area contributed by atoms with Gasteiger partial charge in [-0.2, -0.15) is 0 Å². The molecule has 5 heteroatoms. The van der Waals surface area contributed by atoms with Gasteiger partial charge in [0.05, 0.1) is 22.1 Å². The molecule has 0 atom stereocenters. The van der Waals surface area contributed by atoms with E-state index in [-0.39, 0.29) is 6.71 Å². The molecule has 0 radical (unpaired) electrons. The van der Waals surface area contributed by atoms with Crippen LogP contribution in [0.4, 0.5) is 0 Å². The van der Waals surface area contributed by atoms with Crippen molar-refractivity contribution < 1.29 is 0 Å². The highest BCUT2D eigenvalue weighted by Gasteiger charge is 2.44. The molecule has 8 aromatic rings. The van der Waals surface area contributed by atoms with E-state index in [0.717, 1.165) is 0 Å². The van der Waals surface area contributed by atoms with Crippen LogP contribution in [0.25, 0.3) is 55.0 Å². The van der Waals surface area contributed by atoms with Crippen LogP contribution in [-0.2, 0) is 0 Å². The third-order valence-electron chi connectivity index (χ3n) is 9.35. The molecule has 11 rings (SSSR count). The summed E-state index contributed by atoms with van der Waals surface area (Å²) < 4.78 is 5.11. The van der Waals surface area contributed by atoms with Crippen molar-refractivity contribution in [3.63, 3.8) is 0 Å². The number of hydrogen-bond acceptors (Lipinski definition) is 2. The molecule has 0 fully saturated rings. The Labute approximate surface area is 244 Å². The summed E-state index contributed by atoms with van der Waals surface area (Å²) in [4.78, 5) is 5.59. The normalized spacial score (nSPS) is 14.1. The SMILES string of the molecule is c1ccc(-n2c3ccccc3c3ccc4c5ccc6c7c5n(c4c32)-c2cccc3c2B7c2c(cccc2S6)S3)cc1. The van der Waals surface area contributed by atoms with Crippen LogP contribution < -0.4 is 16.4 Å². The monoisotopic (exact) mass is 554 g/mol. The molecule has 0 amide bonds. The van der Waals surface area contributed by atoms with Gasteiger partial charge in [-0.25, -0.2) is 0 Å². The lowest BCUT2D eigenvalue weighted by atomic mass is 9.35. The molecule has 5 heterocycles. The minimum Gasteiger partial charge on any atom is -0.308 e. The Morgan fingerprint density at radius 1 is 0.415 bits per heavy atom. The Balaban J connectivity index is 1.42. The van der Waals surface area contributed by atoms with E-state index in [0.29, 0.717) is 0 Å². The number of rotatable bonds is 1. The Hall–Kier alpha value is -4.32. The van der Waals surface area contributed by atoms with Gasteiger partial charge in [0.1, 0.15) is 0 Å². The summed E-state index contributed by atoms with van der Waals surface area (Å²) >= 11 is 3.89. The molecule has 2 aromatic heterocycles. The summed E-state index contributed by atoms with van der Waals surface area (Å²) in [6, 6.07) is 43.0. The van der Waals surface area contributed by atoms with Gasteiger partial charge < -0.3 is 9.13 Å². The van der Waals surface area contributed by atoms with Crippen LogP contribution in [0.5, 0.6) is 0 Å². The second-order valence-corrected chi connectivity index (χ2v) is 13.4. The van der Waals surface area contributed by atoms with Crippen molar-refractivity contribution in [2.45, 2.75) is 19.6 Å². The van der Waals surface area contributed by atoms with Gasteiger partial charge in [0, 0.05) is 52.5 Å². The smallest absolute Gasteiger partial charge is 0.252 e. The molecule has 0 spiro atoms. The maximum atomic E-state index is 2.62. The highest BCUT2D eigenvalue weighted by Crippen LogP contribution is 2.47. The van der Waals surface area contributed by atoms with Crippen molar-refractivity contribution in [1.29, 1.82) is 0 Å². The molecule has 3 aliphatic rings. The molecule has 0 saturated carbocycles. The van der Waals surface area contributed by atoms with Crippen LogP contribution in [0.1, 0.15) is 0 Å². The summed E-state index contributed by atoms with van der Waals surface area (Å²) in [6.07, 6.45) is 0. The van der Waals surface area contributed by atoms with Crippen molar-refractivity contribution in [3.8, 4) is 11.4 Å². The zero-order chi connectivity index (χ0) is 26.4. The molecule has 0 saturated heterocycles. The van der Waals surface area contributed by atoms with E-state index in [1.807, 2.05) is 23.5 Å². The lowest BCUT2D eigenvalue weighted by Gasteiger charge is -2.37. The second-order valence-electron chi connectivity index (χ2n) is 11.2. The van der Waals surface area contributed by atoms with Crippen molar-refractivity contribution in [1.82, 2.24) is 9.13 Å². The molecular weight excluding hydrogens is 535 g/mol. The van der Waals surface area contributed by atoms with Crippen LogP contribution in [0.2, 0.25) is 0 Å². The van der Waals surface area contributed by atoms with Crippen LogP contribution >= 0.6 is 23.5 Å². The molecule has 188 valence electrons. The highest BCUT2D eigenvalue weighted by atomic mass is 32.2. The summed E-state index contributed by atoms with van der Waals surface area (Å²) in [5, 5.41) is 5.26. The maximum absolute atomic E-state index is 2.62. The van der Waals surface area contributed by atoms with Crippen molar-refractivity contribution in [3.05, 3.63) is 115 Å². The molecule has 41 heavy (non-hydrogen) atoms. The van der Waals surface area contributed by atoms with E-state index in [9.17, 15) is 0 Å². The number of benzene rings is 6. The van der Waals surface area contributed by atoms with E-state index in [1.165, 1.54) is 91.0 Å². The fraction of sp³-hybridized carbons (Fsp3) is 0. The Kier molecular flexibility index (Phi) is 3.82. The van der Waals surface area contributed by atoms with E-state index < -0.39 is 0 Å². The fourth-order valence-corrected chi connectivity index (χ4v) is 10.3. The average Bonchev–Trinajstić information content (AvgIpc) is 3.54. The molecule has 2 nitrogen and oxygen atoms in total. The van der Waals surface area contributed by atoms with Crippen molar-refractivity contribution in [2.24, 2.45) is 0 Å². The third-order valence-corrected chi connectivity index (χ3v) is 11.7. The summed E-state index contributed by atoms with van der Waals surface area (Å²) in [7, 11) is 0. The van der Waals surface area contributed by atoms with Gasteiger partial charge in [0.15, 0.2) is 0 Å². The first-order chi connectivity index (χ1) is 20.4. The van der Waals surface area contributed by atoms with E-state index in [1.54, 1.807) is 0 Å². The molecule has 0 N–H and O–H groups in total. The predicted octanol–water partition coefficient (Wildman–Crippen LogP) is 7.64. The van der Waals surface area contributed by atoms with Crippen LogP contribution in [0.15, 0.2) is 135 Å². The third kappa shape index (κ3) is 2.45. The quantitative estimate of drug-likeness (QED) is 0.193. The minimum absolute atomic E-state index is 0.279. The molecule has 0 aliphatic carbocycles. The van der Waals surface area contributed by atoms with Gasteiger partial charge in [0.2, 0.25) is 0 Å². The van der Waals surface area contributed by atoms with Crippen LogP contribution in [0.3, 0.4) is 0 Å². The van der Waals surface area contributed by atoms with E-state index >= 15 is 0 Å². The molecule has 0 unspecified atom stereocenters. The first kappa shape index (κ1) is 21.4. The Bertz CT molecular complexity index is 2470. The zero-order valence-electron chi connectivity index (χ0n) is 21.8. The summed E-state index contributed by atoms with van der Waals surface area (Å²) in [5.41, 5.74) is 12.2.